The number of hydrogen-bond acceptors (Lipinski definition) is 2. The molecule has 1 heterocycles. The molecule has 1 amide bonds. The zero-order chi connectivity index (χ0) is 18.6. The average Bonchev–Trinajstić information content (AvgIpc) is 2.79. The van der Waals surface area contributed by atoms with Gasteiger partial charge >= 0.3 is 0 Å². The standard InChI is InChI=1S/C19H23ClFN3O/c1-12(2)11-24-19(20)17(14(4)23-24)9-10-18(25)22-13(3)15-5-7-16(21)8-6-15/h5-10,12-13H,11H2,1-4H3,(H,22,25)/b10-9+. The van der Waals surface area contributed by atoms with Gasteiger partial charge in [-0.15, -0.1) is 0 Å². The van der Waals surface area contributed by atoms with Crippen LogP contribution in [0.15, 0.2) is 30.3 Å². The molecule has 6 heteroatoms. The lowest BCUT2D eigenvalue weighted by molar-refractivity contribution is -0.117. The van der Waals surface area contributed by atoms with E-state index in [1.165, 1.54) is 18.2 Å². The van der Waals surface area contributed by atoms with E-state index in [-0.39, 0.29) is 17.8 Å². The molecule has 0 aliphatic heterocycles. The highest BCUT2D eigenvalue weighted by Gasteiger charge is 2.13. The maximum Gasteiger partial charge on any atom is 0.244 e. The molecule has 0 aliphatic rings. The first kappa shape index (κ1) is 19.2. The third-order valence-electron chi connectivity index (χ3n) is 3.78. The Bertz CT molecular complexity index is 766. The minimum Gasteiger partial charge on any atom is -0.346 e. The van der Waals surface area contributed by atoms with Gasteiger partial charge in [-0.1, -0.05) is 37.6 Å². The van der Waals surface area contributed by atoms with Crippen LogP contribution in [0.2, 0.25) is 5.15 Å². The van der Waals surface area contributed by atoms with Crippen LogP contribution in [0.1, 0.15) is 43.6 Å². The molecule has 0 radical (unpaired) electrons. The lowest BCUT2D eigenvalue weighted by Gasteiger charge is -2.12. The average molecular weight is 364 g/mol. The van der Waals surface area contributed by atoms with E-state index in [0.29, 0.717) is 11.1 Å². The second-order valence-electron chi connectivity index (χ2n) is 6.48. The highest BCUT2D eigenvalue weighted by atomic mass is 35.5. The molecule has 1 atom stereocenters. The molecule has 0 saturated carbocycles. The van der Waals surface area contributed by atoms with Crippen molar-refractivity contribution in [3.8, 4) is 0 Å². The molecule has 0 bridgehead atoms. The number of amides is 1. The van der Waals surface area contributed by atoms with Crippen LogP contribution in [0.5, 0.6) is 0 Å². The van der Waals surface area contributed by atoms with E-state index in [4.69, 9.17) is 11.6 Å². The Balaban J connectivity index is 2.05. The van der Waals surface area contributed by atoms with Gasteiger partial charge in [0.25, 0.3) is 0 Å². The molecule has 134 valence electrons. The van der Waals surface area contributed by atoms with Crippen LogP contribution < -0.4 is 5.32 Å². The van der Waals surface area contributed by atoms with E-state index in [0.717, 1.165) is 23.4 Å². The van der Waals surface area contributed by atoms with Gasteiger partial charge in [0.1, 0.15) is 11.0 Å². The molecule has 0 spiro atoms. The number of nitrogens with one attached hydrogen (secondary N) is 1. The van der Waals surface area contributed by atoms with E-state index in [2.05, 4.69) is 24.3 Å². The van der Waals surface area contributed by atoms with Crippen molar-refractivity contribution in [2.24, 2.45) is 5.92 Å². The number of aromatic nitrogens is 2. The molecular weight excluding hydrogens is 341 g/mol. The zero-order valence-corrected chi connectivity index (χ0v) is 15.6. The van der Waals surface area contributed by atoms with Crippen LogP contribution in [0.4, 0.5) is 4.39 Å². The summed E-state index contributed by atoms with van der Waals surface area (Å²) in [6, 6.07) is 5.83. The normalized spacial score (nSPS) is 12.8. The Labute approximate surface area is 152 Å². The van der Waals surface area contributed by atoms with Crippen LogP contribution >= 0.6 is 11.6 Å². The van der Waals surface area contributed by atoms with Crippen molar-refractivity contribution in [1.29, 1.82) is 0 Å². The first-order chi connectivity index (χ1) is 11.8. The molecule has 1 N–H and O–H groups in total. The van der Waals surface area contributed by atoms with E-state index < -0.39 is 0 Å². The summed E-state index contributed by atoms with van der Waals surface area (Å²) in [6.07, 6.45) is 3.11. The second kappa shape index (κ2) is 8.30. The number of benzene rings is 1. The Morgan fingerprint density at radius 1 is 1.32 bits per heavy atom. The lowest BCUT2D eigenvalue weighted by atomic mass is 10.1. The Kier molecular flexibility index (Phi) is 6.37. The molecule has 0 fully saturated rings. The van der Waals surface area contributed by atoms with Gasteiger partial charge in [-0.2, -0.15) is 5.10 Å². The summed E-state index contributed by atoms with van der Waals surface area (Å²) >= 11 is 6.36. The minimum absolute atomic E-state index is 0.224. The highest BCUT2D eigenvalue weighted by Crippen LogP contribution is 2.22. The van der Waals surface area contributed by atoms with Crippen molar-refractivity contribution in [1.82, 2.24) is 15.1 Å². The lowest BCUT2D eigenvalue weighted by Crippen LogP contribution is -2.24. The van der Waals surface area contributed by atoms with Gasteiger partial charge in [-0.25, -0.2) is 4.39 Å². The van der Waals surface area contributed by atoms with Crippen LogP contribution in [-0.2, 0) is 11.3 Å². The van der Waals surface area contributed by atoms with Gasteiger partial charge in [-0.05, 0) is 43.5 Å². The van der Waals surface area contributed by atoms with E-state index in [1.807, 2.05) is 13.8 Å². The summed E-state index contributed by atoms with van der Waals surface area (Å²) in [5.41, 5.74) is 2.36. The van der Waals surface area contributed by atoms with E-state index in [1.54, 1.807) is 22.9 Å². The Morgan fingerprint density at radius 2 is 1.96 bits per heavy atom. The summed E-state index contributed by atoms with van der Waals surface area (Å²) < 4.78 is 14.7. The third-order valence-corrected chi connectivity index (χ3v) is 4.18. The first-order valence-corrected chi connectivity index (χ1v) is 8.62. The predicted molar refractivity (Wildman–Crippen MR) is 98.8 cm³/mol. The van der Waals surface area contributed by atoms with Crippen molar-refractivity contribution < 1.29 is 9.18 Å². The monoisotopic (exact) mass is 363 g/mol. The van der Waals surface area contributed by atoms with Gasteiger partial charge in [0.05, 0.1) is 11.7 Å². The smallest absolute Gasteiger partial charge is 0.244 e. The molecular formula is C19H23ClFN3O. The number of rotatable bonds is 6. The van der Waals surface area contributed by atoms with E-state index in [9.17, 15) is 9.18 Å². The van der Waals surface area contributed by atoms with Crippen molar-refractivity contribution in [3.05, 3.63) is 58.1 Å². The van der Waals surface area contributed by atoms with Crippen LogP contribution in [0.3, 0.4) is 0 Å². The van der Waals surface area contributed by atoms with Crippen LogP contribution in [0, 0.1) is 18.7 Å². The molecule has 2 aromatic rings. The third kappa shape index (κ3) is 5.16. The molecule has 1 aromatic heterocycles. The zero-order valence-electron chi connectivity index (χ0n) is 14.9. The molecule has 2 rings (SSSR count). The second-order valence-corrected chi connectivity index (χ2v) is 6.84. The minimum atomic E-state index is -0.300. The van der Waals surface area contributed by atoms with Gasteiger partial charge in [0, 0.05) is 18.2 Å². The molecule has 0 aliphatic carbocycles. The predicted octanol–water partition coefficient (Wildman–Crippen LogP) is 4.53. The number of hydrogen-bond donors (Lipinski definition) is 1. The fraction of sp³-hybridized carbons (Fsp3) is 0.368. The van der Waals surface area contributed by atoms with Gasteiger partial charge in [0.2, 0.25) is 5.91 Å². The summed E-state index contributed by atoms with van der Waals surface area (Å²) in [5, 5.41) is 7.79. The number of halogens is 2. The summed E-state index contributed by atoms with van der Waals surface area (Å²) in [4.78, 5) is 12.1. The number of aryl methyl sites for hydroxylation is 1. The van der Waals surface area contributed by atoms with Gasteiger partial charge < -0.3 is 5.32 Å². The van der Waals surface area contributed by atoms with E-state index >= 15 is 0 Å². The van der Waals surface area contributed by atoms with Crippen LogP contribution in [0.25, 0.3) is 6.08 Å². The molecule has 25 heavy (non-hydrogen) atoms. The summed E-state index contributed by atoms with van der Waals surface area (Å²) in [5.74, 6) is -0.122. The maximum atomic E-state index is 13.0. The molecule has 0 saturated heterocycles. The number of carbonyl (C=O) groups excluding carboxylic acids is 1. The molecule has 4 nitrogen and oxygen atoms in total. The Morgan fingerprint density at radius 3 is 2.56 bits per heavy atom. The highest BCUT2D eigenvalue weighted by molar-refractivity contribution is 6.31. The Hall–Kier alpha value is -2.14. The molecule has 1 unspecified atom stereocenters. The maximum absolute atomic E-state index is 13.0. The fourth-order valence-corrected chi connectivity index (χ4v) is 2.79. The van der Waals surface area contributed by atoms with Gasteiger partial charge in [0.15, 0.2) is 0 Å². The van der Waals surface area contributed by atoms with Crippen molar-refractivity contribution >= 4 is 23.6 Å². The van der Waals surface area contributed by atoms with Crippen molar-refractivity contribution in [2.45, 2.75) is 40.3 Å². The fourth-order valence-electron chi connectivity index (χ4n) is 2.48. The number of carbonyl (C=O) groups is 1. The molecule has 1 aromatic carbocycles. The number of nitrogens with zero attached hydrogens (tertiary/aromatic N) is 2. The summed E-state index contributed by atoms with van der Waals surface area (Å²) in [7, 11) is 0. The largest absolute Gasteiger partial charge is 0.346 e. The quantitative estimate of drug-likeness (QED) is 0.766. The van der Waals surface area contributed by atoms with Gasteiger partial charge in [-0.3, -0.25) is 9.48 Å². The topological polar surface area (TPSA) is 46.9 Å². The van der Waals surface area contributed by atoms with Crippen molar-refractivity contribution in [2.75, 3.05) is 0 Å². The SMILES string of the molecule is Cc1nn(CC(C)C)c(Cl)c1/C=C/C(=O)NC(C)c1ccc(F)cc1. The summed E-state index contributed by atoms with van der Waals surface area (Å²) in [6.45, 7) is 8.61. The van der Waals surface area contributed by atoms with Crippen molar-refractivity contribution in [3.63, 3.8) is 0 Å². The first-order valence-electron chi connectivity index (χ1n) is 8.25. The van der Waals surface area contributed by atoms with Crippen LogP contribution in [-0.4, -0.2) is 15.7 Å².